The van der Waals surface area contributed by atoms with Crippen LogP contribution in [0.3, 0.4) is 0 Å². The highest BCUT2D eigenvalue weighted by Gasteiger charge is 2.27. The maximum atomic E-state index is 14.3. The lowest BCUT2D eigenvalue weighted by molar-refractivity contribution is 0.102. The van der Waals surface area contributed by atoms with Crippen molar-refractivity contribution in [3.8, 4) is 5.88 Å². The minimum absolute atomic E-state index is 0.0302. The van der Waals surface area contributed by atoms with Gasteiger partial charge in [-0.05, 0) is 32.9 Å². The molecular weight excluding hydrogens is 387 g/mol. The van der Waals surface area contributed by atoms with Gasteiger partial charge in [0, 0.05) is 43.6 Å². The normalized spacial score (nSPS) is 16.0. The Labute approximate surface area is 174 Å². The summed E-state index contributed by atoms with van der Waals surface area (Å²) in [7, 11) is 1.48. The first-order valence-corrected chi connectivity index (χ1v) is 9.77. The van der Waals surface area contributed by atoms with Gasteiger partial charge in [0.25, 0.3) is 5.91 Å². The second-order valence-corrected chi connectivity index (χ2v) is 8.10. The van der Waals surface area contributed by atoms with E-state index in [2.05, 4.69) is 39.3 Å². The van der Waals surface area contributed by atoms with Crippen molar-refractivity contribution in [1.82, 2.24) is 19.7 Å². The molecule has 0 radical (unpaired) electrons. The Hall–Kier alpha value is -3.20. The van der Waals surface area contributed by atoms with Crippen LogP contribution in [0.15, 0.2) is 30.6 Å². The van der Waals surface area contributed by atoms with Crippen molar-refractivity contribution in [2.45, 2.75) is 26.3 Å². The molecule has 0 spiro atoms. The Balaban J connectivity index is 1.58. The Bertz CT molecular complexity index is 1110. The second kappa shape index (κ2) is 7.56. The number of halogens is 1. The summed E-state index contributed by atoms with van der Waals surface area (Å²) in [6.07, 6.45) is 3.31. The predicted molar refractivity (Wildman–Crippen MR) is 113 cm³/mol. The van der Waals surface area contributed by atoms with E-state index >= 15 is 0 Å². The molecule has 9 heteroatoms. The molecule has 0 saturated carbocycles. The van der Waals surface area contributed by atoms with Crippen LogP contribution in [0.4, 0.5) is 15.9 Å². The molecule has 1 aliphatic rings. The first-order valence-electron chi connectivity index (χ1n) is 9.77. The highest BCUT2D eigenvalue weighted by molar-refractivity contribution is 6.06. The minimum atomic E-state index is -0.511. The zero-order valence-corrected chi connectivity index (χ0v) is 17.5. The molecule has 1 amide bonds. The Morgan fingerprint density at radius 3 is 2.83 bits per heavy atom. The van der Waals surface area contributed by atoms with Gasteiger partial charge >= 0.3 is 0 Å². The molecule has 1 saturated heterocycles. The van der Waals surface area contributed by atoms with E-state index in [1.54, 1.807) is 29.8 Å². The van der Waals surface area contributed by atoms with E-state index in [0.717, 1.165) is 25.5 Å². The molecule has 8 nitrogen and oxygen atoms in total. The molecule has 3 aromatic heterocycles. The van der Waals surface area contributed by atoms with Crippen LogP contribution in [0.2, 0.25) is 0 Å². The third-order valence-corrected chi connectivity index (χ3v) is 5.06. The number of carbonyl (C=O) groups is 1. The number of rotatable bonds is 4. The third-order valence-electron chi connectivity index (χ3n) is 5.06. The molecule has 4 rings (SSSR count). The maximum Gasteiger partial charge on any atom is 0.261 e. The molecule has 0 unspecified atom stereocenters. The molecule has 0 aliphatic carbocycles. The summed E-state index contributed by atoms with van der Waals surface area (Å²) in [6.45, 7) is 8.50. The van der Waals surface area contributed by atoms with Crippen LogP contribution in [0.1, 0.15) is 29.9 Å². The number of methoxy groups -OCH3 is 1. The van der Waals surface area contributed by atoms with Gasteiger partial charge in [0.15, 0.2) is 11.5 Å². The summed E-state index contributed by atoms with van der Waals surface area (Å²) in [4.78, 5) is 23.7. The zero-order chi connectivity index (χ0) is 21.5. The van der Waals surface area contributed by atoms with Crippen LogP contribution in [-0.2, 0) is 0 Å². The molecule has 0 atom stereocenters. The number of aromatic nitrogens is 3. The molecule has 0 aromatic carbocycles. The van der Waals surface area contributed by atoms with Gasteiger partial charge in [0.2, 0.25) is 5.88 Å². The summed E-state index contributed by atoms with van der Waals surface area (Å²) >= 11 is 0. The zero-order valence-electron chi connectivity index (χ0n) is 17.5. The minimum Gasteiger partial charge on any atom is -0.480 e. The largest absolute Gasteiger partial charge is 0.480 e. The summed E-state index contributed by atoms with van der Waals surface area (Å²) in [6, 6.07) is 4.74. The van der Waals surface area contributed by atoms with Gasteiger partial charge < -0.3 is 24.7 Å². The summed E-state index contributed by atoms with van der Waals surface area (Å²) in [5, 5.41) is 6.18. The monoisotopic (exact) mass is 412 g/mol. The van der Waals surface area contributed by atoms with E-state index in [1.165, 1.54) is 13.2 Å². The molecule has 4 heterocycles. The van der Waals surface area contributed by atoms with Crippen LogP contribution in [-0.4, -0.2) is 52.6 Å². The van der Waals surface area contributed by atoms with Gasteiger partial charge in [0.05, 0.1) is 18.5 Å². The number of ether oxygens (including phenoxy) is 1. The van der Waals surface area contributed by atoms with Crippen molar-refractivity contribution in [3.63, 3.8) is 0 Å². The fourth-order valence-electron chi connectivity index (χ4n) is 3.72. The van der Waals surface area contributed by atoms with Gasteiger partial charge in [-0.1, -0.05) is 0 Å². The number of hydrogen-bond acceptors (Lipinski definition) is 6. The second-order valence-electron chi connectivity index (χ2n) is 8.10. The average molecular weight is 412 g/mol. The van der Waals surface area contributed by atoms with Crippen LogP contribution in [0.25, 0.3) is 5.65 Å². The van der Waals surface area contributed by atoms with Gasteiger partial charge in [0.1, 0.15) is 11.4 Å². The van der Waals surface area contributed by atoms with E-state index in [9.17, 15) is 9.18 Å². The molecule has 0 bridgehead atoms. The number of amides is 1. The predicted octanol–water partition coefficient (Wildman–Crippen LogP) is 2.63. The Kier molecular flexibility index (Phi) is 5.07. The highest BCUT2D eigenvalue weighted by atomic mass is 19.1. The average Bonchev–Trinajstić information content (AvgIpc) is 3.07. The number of carbonyl (C=O) groups excluding carboxylic acids is 1. The number of nitrogens with one attached hydrogen (secondary N) is 2. The number of hydrogen-bond donors (Lipinski definition) is 2. The lowest BCUT2D eigenvalue weighted by Gasteiger charge is -2.39. The SMILES string of the molecule is COc1nc(N2CCNC(C)(C)C2)ccc1C(=O)Nc1cc(F)c2nc(C)cn2c1. The van der Waals surface area contributed by atoms with E-state index in [1.807, 2.05) is 6.07 Å². The van der Waals surface area contributed by atoms with Crippen molar-refractivity contribution in [1.29, 1.82) is 0 Å². The number of piperazine rings is 1. The van der Waals surface area contributed by atoms with Crippen LogP contribution in [0.5, 0.6) is 5.88 Å². The molecule has 3 aromatic rings. The number of nitrogens with zero attached hydrogens (tertiary/aromatic N) is 4. The summed E-state index contributed by atoms with van der Waals surface area (Å²) in [5.74, 6) is 0.0329. The first kappa shape index (κ1) is 20.1. The van der Waals surface area contributed by atoms with Gasteiger partial charge in [-0.3, -0.25) is 4.79 Å². The quantitative estimate of drug-likeness (QED) is 0.686. The summed E-state index contributed by atoms with van der Waals surface area (Å²) in [5.41, 5.74) is 1.47. The molecule has 1 aliphatic heterocycles. The van der Waals surface area contributed by atoms with Crippen molar-refractivity contribution >= 4 is 23.1 Å². The molecule has 2 N–H and O–H groups in total. The number of fused-ring (bicyclic) bond motifs is 1. The smallest absolute Gasteiger partial charge is 0.261 e. The van der Waals surface area contributed by atoms with E-state index < -0.39 is 11.7 Å². The van der Waals surface area contributed by atoms with Crippen molar-refractivity contribution in [2.24, 2.45) is 0 Å². The molecule has 1 fully saturated rings. The van der Waals surface area contributed by atoms with Crippen LogP contribution >= 0.6 is 0 Å². The fraction of sp³-hybridized carbons (Fsp3) is 0.381. The number of aryl methyl sites for hydroxylation is 1. The maximum absolute atomic E-state index is 14.3. The molecule has 158 valence electrons. The van der Waals surface area contributed by atoms with Crippen LogP contribution < -0.4 is 20.3 Å². The van der Waals surface area contributed by atoms with Crippen molar-refractivity contribution in [2.75, 3.05) is 37.0 Å². The standard InChI is InChI=1S/C21H25FN6O2/c1-13-10-28-11-14(9-16(22)18(28)24-13)25-19(29)15-5-6-17(26-20(15)30-4)27-8-7-23-21(2,3)12-27/h5-6,9-11,23H,7-8,12H2,1-4H3,(H,25,29). The van der Waals surface area contributed by atoms with Crippen molar-refractivity contribution in [3.05, 3.63) is 47.7 Å². The molecular formula is C21H25FN6O2. The van der Waals surface area contributed by atoms with Gasteiger partial charge in [-0.15, -0.1) is 0 Å². The number of anilines is 2. The number of imidazole rings is 1. The lowest BCUT2D eigenvalue weighted by atomic mass is 10.0. The van der Waals surface area contributed by atoms with Gasteiger partial charge in [-0.25, -0.2) is 9.37 Å². The Morgan fingerprint density at radius 1 is 1.30 bits per heavy atom. The fourth-order valence-corrected chi connectivity index (χ4v) is 3.72. The topological polar surface area (TPSA) is 83.8 Å². The van der Waals surface area contributed by atoms with Crippen molar-refractivity contribution < 1.29 is 13.9 Å². The first-order chi connectivity index (χ1) is 14.3. The van der Waals surface area contributed by atoms with E-state index in [4.69, 9.17) is 4.74 Å². The Morgan fingerprint density at radius 2 is 2.10 bits per heavy atom. The van der Waals surface area contributed by atoms with Crippen LogP contribution in [0, 0.1) is 12.7 Å². The van der Waals surface area contributed by atoms with E-state index in [0.29, 0.717) is 11.4 Å². The highest BCUT2D eigenvalue weighted by Crippen LogP contribution is 2.25. The lowest BCUT2D eigenvalue weighted by Crippen LogP contribution is -2.57. The molecule has 30 heavy (non-hydrogen) atoms. The van der Waals surface area contributed by atoms with E-state index in [-0.39, 0.29) is 22.6 Å². The third kappa shape index (κ3) is 3.93. The van der Waals surface area contributed by atoms with Gasteiger partial charge in [-0.2, -0.15) is 4.98 Å². The number of pyridine rings is 2. The summed E-state index contributed by atoms with van der Waals surface area (Å²) < 4.78 is 21.2.